The topological polar surface area (TPSA) is 60.5 Å². The summed E-state index contributed by atoms with van der Waals surface area (Å²) in [6.45, 7) is 1.03. The van der Waals surface area contributed by atoms with Gasteiger partial charge in [-0.25, -0.2) is 9.78 Å². The number of ether oxygens (including phenoxy) is 2. The molecule has 0 atom stereocenters. The smallest absolute Gasteiger partial charge is 0.358 e. The summed E-state index contributed by atoms with van der Waals surface area (Å²) in [5.41, 5.74) is 1.43. The number of hydrogen-bond donors (Lipinski definition) is 1. The Morgan fingerprint density at radius 2 is 1.96 bits per heavy atom. The van der Waals surface area contributed by atoms with Crippen LogP contribution in [0.1, 0.15) is 16.1 Å². The number of benzene rings is 2. The van der Waals surface area contributed by atoms with Gasteiger partial charge in [0.1, 0.15) is 19.0 Å². The Hall–Kier alpha value is -2.57. The van der Waals surface area contributed by atoms with Gasteiger partial charge in [-0.1, -0.05) is 48.0 Å². The third-order valence-corrected chi connectivity index (χ3v) is 4.42. The summed E-state index contributed by atoms with van der Waals surface area (Å²) in [5.74, 6) is 0.165. The first-order valence-electron chi connectivity index (χ1n) is 7.99. The minimum absolute atomic E-state index is 0.135. The van der Waals surface area contributed by atoms with Crippen molar-refractivity contribution in [1.82, 2.24) is 4.98 Å². The van der Waals surface area contributed by atoms with Gasteiger partial charge in [0, 0.05) is 16.9 Å². The van der Waals surface area contributed by atoms with Crippen molar-refractivity contribution < 1.29 is 14.3 Å². The molecule has 0 aliphatic carbocycles. The first-order valence-corrected chi connectivity index (χ1v) is 9.25. The molecule has 0 unspecified atom stereocenters. The van der Waals surface area contributed by atoms with Gasteiger partial charge in [0.15, 0.2) is 10.8 Å². The molecule has 2 aromatic carbocycles. The summed E-state index contributed by atoms with van der Waals surface area (Å²) in [6.07, 6.45) is 0. The molecule has 0 saturated carbocycles. The molecule has 1 aromatic heterocycles. The Morgan fingerprint density at radius 1 is 1.12 bits per heavy atom. The normalized spacial score (nSPS) is 10.3. The number of carbonyl (C=O) groups excluding carboxylic acids is 1. The third kappa shape index (κ3) is 5.47. The van der Waals surface area contributed by atoms with E-state index < -0.39 is 5.97 Å². The van der Waals surface area contributed by atoms with E-state index in [1.54, 1.807) is 29.6 Å². The maximum Gasteiger partial charge on any atom is 0.358 e. The van der Waals surface area contributed by atoms with E-state index in [-0.39, 0.29) is 18.9 Å². The number of nitrogens with one attached hydrogen (secondary N) is 1. The average Bonchev–Trinajstić information content (AvgIpc) is 3.13. The van der Waals surface area contributed by atoms with Gasteiger partial charge in [0.05, 0.1) is 0 Å². The minimum atomic E-state index is -0.469. The maximum absolute atomic E-state index is 12.0. The highest BCUT2D eigenvalue weighted by Gasteiger charge is 2.12. The van der Waals surface area contributed by atoms with Crippen molar-refractivity contribution in [3.8, 4) is 5.75 Å². The molecule has 3 aromatic rings. The lowest BCUT2D eigenvalue weighted by Crippen LogP contribution is -2.12. The van der Waals surface area contributed by atoms with Crippen LogP contribution >= 0.6 is 22.9 Å². The molecule has 5 nitrogen and oxygen atoms in total. The molecule has 0 saturated heterocycles. The minimum Gasteiger partial charge on any atom is -0.490 e. The van der Waals surface area contributed by atoms with Gasteiger partial charge in [-0.3, -0.25) is 0 Å². The van der Waals surface area contributed by atoms with Crippen LogP contribution in [0.15, 0.2) is 60.0 Å². The second kappa shape index (κ2) is 9.22. The van der Waals surface area contributed by atoms with E-state index in [2.05, 4.69) is 10.3 Å². The van der Waals surface area contributed by atoms with Gasteiger partial charge in [0.25, 0.3) is 0 Å². The third-order valence-electron chi connectivity index (χ3n) is 3.38. The molecule has 0 bridgehead atoms. The Balaban J connectivity index is 1.41. The highest BCUT2D eigenvalue weighted by molar-refractivity contribution is 7.13. The number of aromatic nitrogens is 1. The Kier molecular flexibility index (Phi) is 6.46. The zero-order valence-corrected chi connectivity index (χ0v) is 15.4. The fourth-order valence-electron chi connectivity index (χ4n) is 2.15. The van der Waals surface area contributed by atoms with Crippen LogP contribution in [0.4, 0.5) is 5.13 Å². The standard InChI is InChI=1S/C19H17ClN2O3S/c20-15-7-4-8-16(11-15)24-9-10-25-18(23)17-13-26-19(22-17)21-12-14-5-2-1-3-6-14/h1-8,11,13H,9-10,12H2,(H,21,22). The summed E-state index contributed by atoms with van der Waals surface area (Å²) in [5, 5.41) is 6.14. The number of thiazole rings is 1. The van der Waals surface area contributed by atoms with Gasteiger partial charge in [0.2, 0.25) is 0 Å². The lowest BCUT2D eigenvalue weighted by atomic mass is 10.2. The van der Waals surface area contributed by atoms with Crippen molar-refractivity contribution in [3.05, 3.63) is 76.3 Å². The van der Waals surface area contributed by atoms with Crippen molar-refractivity contribution in [3.63, 3.8) is 0 Å². The Morgan fingerprint density at radius 3 is 2.77 bits per heavy atom. The van der Waals surface area contributed by atoms with E-state index in [4.69, 9.17) is 21.1 Å². The number of nitrogens with zero attached hydrogens (tertiary/aromatic N) is 1. The molecule has 0 amide bonds. The first-order chi connectivity index (χ1) is 12.7. The van der Waals surface area contributed by atoms with Crippen LogP contribution in [0.3, 0.4) is 0 Å². The number of hydrogen-bond acceptors (Lipinski definition) is 6. The molecule has 1 heterocycles. The fourth-order valence-corrected chi connectivity index (χ4v) is 3.01. The molecule has 0 aliphatic heterocycles. The monoisotopic (exact) mass is 388 g/mol. The molecule has 134 valence electrons. The van der Waals surface area contributed by atoms with Crippen LogP contribution < -0.4 is 10.1 Å². The Bertz CT molecular complexity index is 855. The van der Waals surface area contributed by atoms with E-state index in [9.17, 15) is 4.79 Å². The van der Waals surface area contributed by atoms with E-state index >= 15 is 0 Å². The summed E-state index contributed by atoms with van der Waals surface area (Å²) < 4.78 is 10.6. The summed E-state index contributed by atoms with van der Waals surface area (Å²) in [7, 11) is 0. The van der Waals surface area contributed by atoms with E-state index in [1.165, 1.54) is 11.3 Å². The molecule has 0 fully saturated rings. The number of halogens is 1. The van der Waals surface area contributed by atoms with Crippen LogP contribution in [0, 0.1) is 0 Å². The molecule has 0 aliphatic rings. The van der Waals surface area contributed by atoms with Crippen LogP contribution in [0.5, 0.6) is 5.75 Å². The average molecular weight is 389 g/mol. The maximum atomic E-state index is 12.0. The van der Waals surface area contributed by atoms with Crippen molar-refractivity contribution >= 4 is 34.0 Å². The van der Waals surface area contributed by atoms with Crippen LogP contribution in [-0.2, 0) is 11.3 Å². The fraction of sp³-hybridized carbons (Fsp3) is 0.158. The number of carbonyl (C=O) groups is 1. The number of esters is 1. The highest BCUT2D eigenvalue weighted by Crippen LogP contribution is 2.18. The van der Waals surface area contributed by atoms with Gasteiger partial charge in [-0.2, -0.15) is 0 Å². The molecular weight excluding hydrogens is 372 g/mol. The van der Waals surface area contributed by atoms with Gasteiger partial charge < -0.3 is 14.8 Å². The quantitative estimate of drug-likeness (QED) is 0.449. The van der Waals surface area contributed by atoms with Gasteiger partial charge >= 0.3 is 5.97 Å². The zero-order valence-electron chi connectivity index (χ0n) is 13.9. The van der Waals surface area contributed by atoms with Crippen molar-refractivity contribution in [2.45, 2.75) is 6.54 Å². The van der Waals surface area contributed by atoms with E-state index in [0.29, 0.717) is 22.4 Å². The second-order valence-electron chi connectivity index (χ2n) is 5.32. The molecule has 3 rings (SSSR count). The van der Waals surface area contributed by atoms with Gasteiger partial charge in [-0.15, -0.1) is 11.3 Å². The van der Waals surface area contributed by atoms with Crippen LogP contribution in [0.2, 0.25) is 5.02 Å². The van der Waals surface area contributed by atoms with Gasteiger partial charge in [-0.05, 0) is 23.8 Å². The largest absolute Gasteiger partial charge is 0.490 e. The molecule has 0 radical (unpaired) electrons. The Labute approximate surface area is 160 Å². The van der Waals surface area contributed by atoms with E-state index in [0.717, 1.165) is 5.56 Å². The first kappa shape index (κ1) is 18.2. The predicted octanol–water partition coefficient (Wildman–Crippen LogP) is 4.64. The van der Waals surface area contributed by atoms with Crippen molar-refractivity contribution in [2.24, 2.45) is 0 Å². The van der Waals surface area contributed by atoms with Crippen LogP contribution in [0.25, 0.3) is 0 Å². The lowest BCUT2D eigenvalue weighted by molar-refractivity contribution is 0.0444. The molecular formula is C19H17ClN2O3S. The van der Waals surface area contributed by atoms with E-state index in [1.807, 2.05) is 30.3 Å². The summed E-state index contributed by atoms with van der Waals surface area (Å²) in [6, 6.07) is 17.0. The SMILES string of the molecule is O=C(OCCOc1cccc(Cl)c1)c1csc(NCc2ccccc2)n1. The molecule has 1 N–H and O–H groups in total. The molecule has 7 heteroatoms. The summed E-state index contributed by atoms with van der Waals surface area (Å²) >= 11 is 7.24. The summed E-state index contributed by atoms with van der Waals surface area (Å²) in [4.78, 5) is 16.3. The number of anilines is 1. The molecule has 0 spiro atoms. The van der Waals surface area contributed by atoms with Crippen molar-refractivity contribution in [1.29, 1.82) is 0 Å². The van der Waals surface area contributed by atoms with Crippen molar-refractivity contribution in [2.75, 3.05) is 18.5 Å². The highest BCUT2D eigenvalue weighted by atomic mass is 35.5. The lowest BCUT2D eigenvalue weighted by Gasteiger charge is -2.06. The number of rotatable bonds is 8. The van der Waals surface area contributed by atoms with Crippen LogP contribution in [-0.4, -0.2) is 24.2 Å². The zero-order chi connectivity index (χ0) is 18.2. The predicted molar refractivity (Wildman–Crippen MR) is 103 cm³/mol. The second-order valence-corrected chi connectivity index (χ2v) is 6.61. The molecule has 26 heavy (non-hydrogen) atoms.